The molecule has 18 heterocycles. The number of sulfonamides is 4. The maximum atomic E-state index is 12.0. The molecule has 0 amide bonds. The van der Waals surface area contributed by atoms with Gasteiger partial charge in [-0.1, -0.05) is 11.6 Å². The molecule has 6 N–H and O–H groups in total. The number of thiophene rings is 4. The molecule has 0 bridgehead atoms. The second kappa shape index (κ2) is 51.1. The highest BCUT2D eigenvalue weighted by molar-refractivity contribution is 9.11. The van der Waals surface area contributed by atoms with Gasteiger partial charge in [-0.3, -0.25) is 32.4 Å². The number of ether oxygens (including phenoxy) is 9. The zero-order chi connectivity index (χ0) is 103. The number of morpholine rings is 5. The molecule has 12 aromatic heterocycles. The summed E-state index contributed by atoms with van der Waals surface area (Å²) in [7, 11) is -11.1. The molecule has 18 rings (SSSR count). The third-order valence-electron chi connectivity index (χ3n) is 21.6. The SMILES string of the molecule is C1COCCN1.COc1ncc(-c2nc(Cl)nc3c(Br)csc23)cc1NS(C)(=O)=O.COc1ncc(-c2nc(N3CCOCC3)nc3c(Br)csc23)cc1NS(C)(=O)=O.COc1ncc(-c2nc(N3CCOCC3)nc3c(CN4C[C@@H](C)O[C@@H](C)C4)csc23)cc1NS(C)(=O)=O.COc1ncc(B2OC(C)(C)C(C)(C)O2)cc1NS(C)(=O)=O.C[C@@H]1C[NH+](CB(F)F)C[C@H](C)O1.Clc1nc(Cl)c2scc(Br)c2n1.[F-]. The van der Waals surface area contributed by atoms with Crippen molar-refractivity contribution in [2.75, 3.05) is 194 Å². The summed E-state index contributed by atoms with van der Waals surface area (Å²) in [6.07, 6.45) is 11.2. The first-order chi connectivity index (χ1) is 67.0. The molecule has 12 aromatic rings. The van der Waals surface area contributed by atoms with Crippen LogP contribution in [-0.2, 0) is 79.6 Å². The molecular formula is C84H106B2Br3Cl3F3N21O19S8. The van der Waals surface area contributed by atoms with Crippen molar-refractivity contribution in [3.8, 4) is 57.3 Å². The lowest BCUT2D eigenvalue weighted by Gasteiger charge is -2.35. The van der Waals surface area contributed by atoms with E-state index >= 15 is 0 Å². The minimum absolute atomic E-state index is 0. The molecule has 5 atom stereocenters. The van der Waals surface area contributed by atoms with Crippen molar-refractivity contribution in [2.24, 2.45) is 0 Å². The quantitative estimate of drug-likeness (QED) is 0.0209. The molecule has 59 heteroatoms. The smallest absolute Gasteiger partial charge is 0.592 e. The first-order valence-electron chi connectivity index (χ1n) is 43.7. The van der Waals surface area contributed by atoms with Crippen molar-refractivity contribution in [3.05, 3.63) is 105 Å². The molecule has 0 spiro atoms. The van der Waals surface area contributed by atoms with Crippen molar-refractivity contribution < 1.29 is 104 Å². The Morgan fingerprint density at radius 3 is 1.23 bits per heavy atom. The van der Waals surface area contributed by atoms with Crippen molar-refractivity contribution >= 4 is 263 Å². The molecule has 0 radical (unpaired) electrons. The number of halogens is 9. The highest BCUT2D eigenvalue weighted by Crippen LogP contribution is 2.44. The number of hydrogen-bond donors (Lipinski definition) is 6. The van der Waals surface area contributed by atoms with Gasteiger partial charge in [-0.25, -0.2) is 93.5 Å². The van der Waals surface area contributed by atoms with Gasteiger partial charge in [0.2, 0.25) is 86.1 Å². The van der Waals surface area contributed by atoms with Gasteiger partial charge in [0.05, 0.1) is 171 Å². The Morgan fingerprint density at radius 2 is 0.839 bits per heavy atom. The van der Waals surface area contributed by atoms with Gasteiger partial charge in [0, 0.05) is 128 Å². The summed E-state index contributed by atoms with van der Waals surface area (Å²) in [4.78, 5) is 60.2. The van der Waals surface area contributed by atoms with Gasteiger partial charge in [0.25, 0.3) is 0 Å². The van der Waals surface area contributed by atoms with Crippen LogP contribution in [0.5, 0.6) is 23.5 Å². The van der Waals surface area contributed by atoms with Crippen molar-refractivity contribution in [1.82, 2.24) is 70.0 Å². The second-order valence-electron chi connectivity index (χ2n) is 33.9. The summed E-state index contributed by atoms with van der Waals surface area (Å²) in [6, 6.07) is 6.58. The fourth-order valence-electron chi connectivity index (χ4n) is 15.0. The topological polar surface area (TPSA) is 467 Å². The number of nitrogens with one attached hydrogen (secondary N) is 6. The third-order valence-corrected chi connectivity index (χ3v) is 31.4. The van der Waals surface area contributed by atoms with E-state index in [0.29, 0.717) is 127 Å². The molecule has 778 valence electrons. The van der Waals surface area contributed by atoms with Gasteiger partial charge >= 0.3 is 14.4 Å². The molecule has 0 aliphatic carbocycles. The van der Waals surface area contributed by atoms with Gasteiger partial charge in [-0.2, -0.15) is 0 Å². The van der Waals surface area contributed by atoms with Crippen LogP contribution >= 0.6 is 128 Å². The number of quaternary nitrogens is 1. The van der Waals surface area contributed by atoms with Crippen molar-refractivity contribution in [1.29, 1.82) is 0 Å². The van der Waals surface area contributed by atoms with E-state index in [2.05, 4.69) is 146 Å². The zero-order valence-electron chi connectivity index (χ0n) is 80.3. The van der Waals surface area contributed by atoms with Gasteiger partial charge < -0.3 is 76.7 Å². The molecule has 143 heavy (non-hydrogen) atoms. The largest absolute Gasteiger partial charge is 1.00 e. The molecule has 6 saturated heterocycles. The van der Waals surface area contributed by atoms with Crippen molar-refractivity contribution in [2.45, 2.75) is 97.6 Å². The number of nitrogens with zero attached hydrogens (tertiary/aromatic N) is 15. The maximum Gasteiger partial charge on any atom is 0.592 e. The minimum Gasteiger partial charge on any atom is -1.00 e. The standard InChI is InChI=1S/C24H32N6O5S2.C17H18BrN5O4S2.C13H21BN2O5S.C13H10BrClN4O3S2.C7H14BF2NO.C6HBrCl2N2S.C4H9NO.FH/c1-15-11-29(12-16(2)35-15)13-18-14-36-22-20(26-24(27-21(18)22)30-5-7-34-8-6-30)17-9-19(28-37(4,31)32)23(33-3)25-10-17;1-26-16-12(22-29(2,24)25)7-10(8-19-16)13-15-14(11(18)9-28-15)21-17(20-13)23-3-5-27-6-4-23;1-12(2)13(3,4)21-14(20-12)9-7-10(16-22(6,17)18)11(19-5)15-8-9;1-22-12-8(19-24(2,20)21)3-6(4-16-12)9-11-10(7(14)5-23-11)18-13(15)17-9;1-6-3-11(5-8(9)10)4-7(2)12-6;7-2-1-12-4-3(2)10-6(9)11-5(4)8;1-3-6-4-2-5-1;/h9-10,14-16,28H,5-8,11-13H2,1-4H3;7-9,22H,3-6H2,1-2H3;7-8,16H,1-6H3;3-5,19H,1-2H3;6-7H,3-5H2,1-2H3;1H;5H,1-4H2;1H/t15-,16+;;;;6-,7+;;;. The van der Waals surface area contributed by atoms with E-state index in [9.17, 15) is 42.3 Å². The number of rotatable bonds is 22. The third kappa shape index (κ3) is 32.5. The van der Waals surface area contributed by atoms with Crippen LogP contribution in [0.4, 0.5) is 43.3 Å². The monoisotopic (exact) mass is 2390 g/mol. The molecule has 6 fully saturated rings. The molecule has 0 aromatic carbocycles. The number of aromatic nitrogens is 12. The molecule has 1 unspecified atom stereocenters. The maximum absolute atomic E-state index is 12.0. The lowest BCUT2D eigenvalue weighted by atomic mass is 9.80. The average molecular weight is 2400 g/mol. The molecule has 40 nitrogen and oxygen atoms in total. The highest BCUT2D eigenvalue weighted by atomic mass is 79.9. The predicted molar refractivity (Wildman–Crippen MR) is 566 cm³/mol. The summed E-state index contributed by atoms with van der Waals surface area (Å²) in [5, 5.41) is 11.7. The van der Waals surface area contributed by atoms with Crippen LogP contribution in [0.1, 0.15) is 61.0 Å². The Morgan fingerprint density at radius 1 is 0.490 bits per heavy atom. The molecular weight excluding hydrogens is 2290 g/mol. The van der Waals surface area contributed by atoms with Gasteiger partial charge in [-0.05, 0) is 156 Å². The lowest BCUT2D eigenvalue weighted by molar-refractivity contribution is -0.905. The molecule has 6 aliphatic heterocycles. The minimum atomic E-state index is -3.54. The van der Waals surface area contributed by atoms with Crippen LogP contribution in [0.25, 0.3) is 74.6 Å². The number of methoxy groups -OCH3 is 4. The molecule has 0 saturated carbocycles. The highest BCUT2D eigenvalue weighted by Gasteiger charge is 2.52. The summed E-state index contributed by atoms with van der Waals surface area (Å²) in [5.74, 6) is 1.95. The van der Waals surface area contributed by atoms with E-state index in [1.807, 2.05) is 57.7 Å². The Labute approximate surface area is 883 Å². The Bertz CT molecular complexity index is 6860. The first kappa shape index (κ1) is 116. The fourth-order valence-corrected chi connectivity index (χ4v) is 23.5. The van der Waals surface area contributed by atoms with Crippen LogP contribution in [0.15, 0.2) is 84.0 Å². The van der Waals surface area contributed by atoms with Gasteiger partial charge in [0.15, 0.2) is 5.15 Å². The van der Waals surface area contributed by atoms with E-state index in [-0.39, 0.29) is 92.4 Å². The van der Waals surface area contributed by atoms with E-state index in [1.54, 1.807) is 54.2 Å². The van der Waals surface area contributed by atoms with E-state index < -0.39 is 65.7 Å². The Kier molecular flexibility index (Phi) is 41.3. The van der Waals surface area contributed by atoms with E-state index in [1.165, 1.54) is 68.6 Å². The van der Waals surface area contributed by atoms with E-state index in [0.717, 1.165) is 130 Å². The second-order valence-corrected chi connectivity index (χ2v) is 48.0. The van der Waals surface area contributed by atoms with Gasteiger partial charge in [-0.15, -0.1) is 45.3 Å². The average Bonchev–Trinajstić information content (AvgIpc) is 1.71. The van der Waals surface area contributed by atoms with E-state index in [4.69, 9.17) is 107 Å². The summed E-state index contributed by atoms with van der Waals surface area (Å²) in [5.41, 5.74) is 8.79. The van der Waals surface area contributed by atoms with Crippen LogP contribution in [-0.4, -0.2) is 313 Å². The Balaban J connectivity index is 0.000000167. The lowest BCUT2D eigenvalue weighted by Crippen LogP contribution is -3.16. The van der Waals surface area contributed by atoms with Crippen molar-refractivity contribution in [3.63, 3.8) is 0 Å². The van der Waals surface area contributed by atoms with Crippen LogP contribution in [0.2, 0.25) is 15.7 Å². The van der Waals surface area contributed by atoms with Crippen LogP contribution < -0.4 is 68.0 Å². The Hall–Kier alpha value is -7.61. The molecule has 6 aliphatic rings. The summed E-state index contributed by atoms with van der Waals surface area (Å²) < 4.78 is 193. The summed E-state index contributed by atoms with van der Waals surface area (Å²) in [6.45, 7) is 28.8. The number of anilines is 6. The fraction of sp³-hybridized carbons (Fsp3) is 0.476. The van der Waals surface area contributed by atoms with Gasteiger partial charge in [0.1, 0.15) is 71.0 Å². The first-order valence-corrected chi connectivity index (χ1v) is 58.3. The van der Waals surface area contributed by atoms with Crippen LogP contribution in [0, 0.1) is 0 Å². The predicted octanol–water partition coefficient (Wildman–Crippen LogP) is 9.64. The number of hydrogen-bond acceptors (Lipinski definition) is 39. The zero-order valence-corrected chi connectivity index (χ0v) is 93.8. The number of fused-ring (bicyclic) bond motifs is 4. The summed E-state index contributed by atoms with van der Waals surface area (Å²) >= 11 is 33.8. The number of pyridine rings is 4. The normalized spacial score (nSPS) is 18.6. The van der Waals surface area contributed by atoms with Crippen LogP contribution in [0.3, 0.4) is 0 Å².